The maximum Gasteiger partial charge on any atom is 0.290 e. The molecule has 0 spiro atoms. The molecule has 1 aliphatic rings. The predicted octanol–water partition coefficient (Wildman–Crippen LogP) is 2.15. The molecule has 29 heavy (non-hydrogen) atoms. The molecule has 8 nitrogen and oxygen atoms in total. The van der Waals surface area contributed by atoms with E-state index in [1.165, 1.54) is 0 Å². The molecular formula is C21H19N7O. The quantitative estimate of drug-likeness (QED) is 0.538. The topological polar surface area (TPSA) is 79.5 Å². The van der Waals surface area contributed by atoms with Crippen molar-refractivity contribution in [3.8, 4) is 11.3 Å². The van der Waals surface area contributed by atoms with Crippen molar-refractivity contribution in [1.29, 1.82) is 0 Å². The number of carbonyl (C=O) groups excluding carboxylic acids is 1. The average Bonchev–Trinajstić information content (AvgIpc) is 3.20. The van der Waals surface area contributed by atoms with Gasteiger partial charge in [0.05, 0.1) is 11.2 Å². The third kappa shape index (κ3) is 3.18. The number of amides is 1. The molecule has 0 radical (unpaired) electrons. The largest absolute Gasteiger partial charge is 0.337 e. The molecule has 0 bridgehead atoms. The summed E-state index contributed by atoms with van der Waals surface area (Å²) in [4.78, 5) is 34.7. The van der Waals surface area contributed by atoms with Gasteiger partial charge in [0.2, 0.25) is 11.8 Å². The van der Waals surface area contributed by atoms with Crippen LogP contribution in [0.5, 0.6) is 0 Å². The SMILES string of the molecule is O=C(c1nc(-c2cccnc2)c2ccccn12)N1CCN(c2ncccn2)CC1. The number of hydrogen-bond donors (Lipinski definition) is 0. The lowest BCUT2D eigenvalue weighted by Gasteiger charge is -2.34. The molecule has 5 rings (SSSR count). The summed E-state index contributed by atoms with van der Waals surface area (Å²) in [5.41, 5.74) is 2.54. The van der Waals surface area contributed by atoms with Crippen molar-refractivity contribution in [2.45, 2.75) is 0 Å². The number of aromatic nitrogens is 5. The zero-order valence-electron chi connectivity index (χ0n) is 15.7. The predicted molar refractivity (Wildman–Crippen MR) is 109 cm³/mol. The fraction of sp³-hybridized carbons (Fsp3) is 0.190. The fourth-order valence-corrected chi connectivity index (χ4v) is 3.61. The van der Waals surface area contributed by atoms with Crippen LogP contribution < -0.4 is 4.90 Å². The van der Waals surface area contributed by atoms with Crippen LogP contribution in [-0.4, -0.2) is 61.3 Å². The second-order valence-electron chi connectivity index (χ2n) is 6.81. The molecule has 0 aliphatic carbocycles. The number of hydrogen-bond acceptors (Lipinski definition) is 6. The number of imidazole rings is 1. The molecule has 0 aromatic carbocycles. The van der Waals surface area contributed by atoms with Gasteiger partial charge in [-0.25, -0.2) is 15.0 Å². The Hall–Kier alpha value is -3.81. The Morgan fingerprint density at radius 1 is 0.897 bits per heavy atom. The molecule has 0 N–H and O–H groups in total. The summed E-state index contributed by atoms with van der Waals surface area (Å²) >= 11 is 0. The molecule has 8 heteroatoms. The Bertz CT molecular complexity index is 1140. The van der Waals surface area contributed by atoms with Crippen molar-refractivity contribution in [3.05, 3.63) is 73.2 Å². The molecule has 4 aromatic rings. The van der Waals surface area contributed by atoms with Crippen molar-refractivity contribution in [3.63, 3.8) is 0 Å². The lowest BCUT2D eigenvalue weighted by atomic mass is 10.2. The highest BCUT2D eigenvalue weighted by Gasteiger charge is 2.27. The first kappa shape index (κ1) is 17.3. The molecule has 0 saturated carbocycles. The Labute approximate surface area is 167 Å². The van der Waals surface area contributed by atoms with Crippen LogP contribution in [0.4, 0.5) is 5.95 Å². The average molecular weight is 385 g/mol. The van der Waals surface area contributed by atoms with E-state index in [2.05, 4.69) is 19.9 Å². The van der Waals surface area contributed by atoms with Crippen LogP contribution in [0.2, 0.25) is 0 Å². The highest BCUT2D eigenvalue weighted by Crippen LogP contribution is 2.25. The van der Waals surface area contributed by atoms with E-state index in [0.717, 1.165) is 16.8 Å². The molecule has 1 amide bonds. The molecule has 1 aliphatic heterocycles. The van der Waals surface area contributed by atoms with Gasteiger partial charge in [0.25, 0.3) is 5.91 Å². The molecule has 4 aromatic heterocycles. The van der Waals surface area contributed by atoms with Crippen LogP contribution in [0.15, 0.2) is 67.4 Å². The number of nitrogens with zero attached hydrogens (tertiary/aromatic N) is 7. The van der Waals surface area contributed by atoms with Gasteiger partial charge in [0.1, 0.15) is 0 Å². The van der Waals surface area contributed by atoms with E-state index in [0.29, 0.717) is 38.0 Å². The van der Waals surface area contributed by atoms with Crippen LogP contribution >= 0.6 is 0 Å². The molecule has 144 valence electrons. The first-order valence-corrected chi connectivity index (χ1v) is 9.50. The second kappa shape index (κ2) is 7.31. The van der Waals surface area contributed by atoms with Crippen LogP contribution in [-0.2, 0) is 0 Å². The Morgan fingerprint density at radius 3 is 2.48 bits per heavy atom. The number of fused-ring (bicyclic) bond motifs is 1. The van der Waals surface area contributed by atoms with Crippen molar-refractivity contribution >= 4 is 17.4 Å². The van der Waals surface area contributed by atoms with E-state index in [4.69, 9.17) is 4.98 Å². The number of rotatable bonds is 3. The third-order valence-corrected chi connectivity index (χ3v) is 5.08. The summed E-state index contributed by atoms with van der Waals surface area (Å²) in [5.74, 6) is 1.04. The van der Waals surface area contributed by atoms with Gasteiger partial charge in [0, 0.05) is 62.7 Å². The Morgan fingerprint density at radius 2 is 1.72 bits per heavy atom. The smallest absolute Gasteiger partial charge is 0.290 e. The summed E-state index contributed by atoms with van der Waals surface area (Å²) in [6.45, 7) is 2.57. The minimum atomic E-state index is -0.0741. The van der Waals surface area contributed by atoms with Gasteiger partial charge in [-0.15, -0.1) is 0 Å². The molecule has 5 heterocycles. The number of pyridine rings is 2. The first-order valence-electron chi connectivity index (χ1n) is 9.50. The van der Waals surface area contributed by atoms with Crippen LogP contribution in [0.3, 0.4) is 0 Å². The van der Waals surface area contributed by atoms with E-state index >= 15 is 0 Å². The summed E-state index contributed by atoms with van der Waals surface area (Å²) in [6, 6.07) is 11.4. The highest BCUT2D eigenvalue weighted by atomic mass is 16.2. The van der Waals surface area contributed by atoms with E-state index in [9.17, 15) is 4.79 Å². The lowest BCUT2D eigenvalue weighted by Crippen LogP contribution is -2.49. The monoisotopic (exact) mass is 385 g/mol. The van der Waals surface area contributed by atoms with Gasteiger partial charge in [-0.1, -0.05) is 6.07 Å². The number of carbonyl (C=O) groups is 1. The Kier molecular flexibility index (Phi) is 4.36. The molecule has 0 atom stereocenters. The van der Waals surface area contributed by atoms with Gasteiger partial charge < -0.3 is 9.80 Å². The van der Waals surface area contributed by atoms with E-state index in [-0.39, 0.29) is 5.91 Å². The minimum Gasteiger partial charge on any atom is -0.337 e. The zero-order valence-corrected chi connectivity index (χ0v) is 15.7. The van der Waals surface area contributed by atoms with Crippen molar-refractivity contribution in [2.75, 3.05) is 31.1 Å². The second-order valence-corrected chi connectivity index (χ2v) is 6.81. The third-order valence-electron chi connectivity index (χ3n) is 5.08. The fourth-order valence-electron chi connectivity index (χ4n) is 3.61. The summed E-state index contributed by atoms with van der Waals surface area (Å²) in [5, 5.41) is 0. The van der Waals surface area contributed by atoms with Crippen molar-refractivity contribution in [2.24, 2.45) is 0 Å². The maximum atomic E-state index is 13.3. The first-order chi connectivity index (χ1) is 14.3. The van der Waals surface area contributed by atoms with Crippen LogP contribution in [0, 0.1) is 0 Å². The van der Waals surface area contributed by atoms with E-state index < -0.39 is 0 Å². The van der Waals surface area contributed by atoms with Crippen molar-refractivity contribution < 1.29 is 4.79 Å². The number of anilines is 1. The summed E-state index contributed by atoms with van der Waals surface area (Å²) < 4.78 is 1.86. The maximum absolute atomic E-state index is 13.3. The normalized spacial score (nSPS) is 14.3. The van der Waals surface area contributed by atoms with Gasteiger partial charge >= 0.3 is 0 Å². The van der Waals surface area contributed by atoms with Crippen LogP contribution in [0.1, 0.15) is 10.6 Å². The standard InChI is InChI=1S/C21H19N7O/c29-20(26-11-13-27(14-12-26)21-23-8-4-9-24-21)19-25-18(16-5-3-7-22-15-16)17-6-1-2-10-28(17)19/h1-10,15H,11-14H2. The van der Waals surface area contributed by atoms with Crippen molar-refractivity contribution in [1.82, 2.24) is 29.2 Å². The highest BCUT2D eigenvalue weighted by molar-refractivity contribution is 5.94. The molecular weight excluding hydrogens is 366 g/mol. The van der Waals surface area contributed by atoms with Gasteiger partial charge in [0.15, 0.2) is 0 Å². The van der Waals surface area contributed by atoms with Crippen LogP contribution in [0.25, 0.3) is 16.8 Å². The Balaban J connectivity index is 1.42. The lowest BCUT2D eigenvalue weighted by molar-refractivity contribution is 0.0733. The van der Waals surface area contributed by atoms with Gasteiger partial charge in [-0.2, -0.15) is 0 Å². The van der Waals surface area contributed by atoms with E-state index in [1.807, 2.05) is 45.8 Å². The van der Waals surface area contributed by atoms with Gasteiger partial charge in [-0.3, -0.25) is 14.2 Å². The number of piperazine rings is 1. The molecule has 0 unspecified atom stereocenters. The molecule has 1 saturated heterocycles. The van der Waals surface area contributed by atoms with Gasteiger partial charge in [-0.05, 0) is 30.3 Å². The molecule has 1 fully saturated rings. The zero-order chi connectivity index (χ0) is 19.6. The van der Waals surface area contributed by atoms with E-state index in [1.54, 1.807) is 30.9 Å². The summed E-state index contributed by atoms with van der Waals surface area (Å²) in [6.07, 6.45) is 8.84. The summed E-state index contributed by atoms with van der Waals surface area (Å²) in [7, 11) is 0. The minimum absolute atomic E-state index is 0.0741.